The molecule has 2 N–H and O–H groups in total. The minimum Gasteiger partial charge on any atom is -0.353 e. The van der Waals surface area contributed by atoms with Gasteiger partial charge in [-0.3, -0.25) is 9.59 Å². The largest absolute Gasteiger partial charge is 0.353 e. The van der Waals surface area contributed by atoms with Gasteiger partial charge in [-0.15, -0.1) is 11.3 Å². The monoisotopic (exact) mass is 349 g/mol. The average Bonchev–Trinajstić information content (AvgIpc) is 3.16. The second kappa shape index (κ2) is 8.60. The van der Waals surface area contributed by atoms with E-state index in [1.807, 2.05) is 5.38 Å². The van der Waals surface area contributed by atoms with Crippen LogP contribution < -0.4 is 10.6 Å². The summed E-state index contributed by atoms with van der Waals surface area (Å²) in [6.45, 7) is 0. The van der Waals surface area contributed by atoms with Gasteiger partial charge in [0.15, 0.2) is 5.13 Å². The molecule has 0 aliphatic heterocycles. The second-order valence-corrected chi connectivity index (χ2v) is 7.91. The topological polar surface area (TPSA) is 71.1 Å². The van der Waals surface area contributed by atoms with Crippen LogP contribution in [0.5, 0.6) is 0 Å². The van der Waals surface area contributed by atoms with Crippen molar-refractivity contribution in [2.24, 2.45) is 5.92 Å². The Morgan fingerprint density at radius 2 is 1.71 bits per heavy atom. The fraction of sp³-hybridized carbons (Fsp3) is 0.722. The summed E-state index contributed by atoms with van der Waals surface area (Å²) >= 11 is 1.41. The third-order valence-corrected chi connectivity index (χ3v) is 5.88. The molecule has 2 aliphatic rings. The Morgan fingerprint density at radius 3 is 2.42 bits per heavy atom. The zero-order chi connectivity index (χ0) is 16.8. The third kappa shape index (κ3) is 5.03. The van der Waals surface area contributed by atoms with Gasteiger partial charge in [-0.05, 0) is 25.7 Å². The zero-order valence-corrected chi connectivity index (χ0v) is 15.0. The van der Waals surface area contributed by atoms with Gasteiger partial charge in [0.2, 0.25) is 11.8 Å². The quantitative estimate of drug-likeness (QED) is 0.797. The number of nitrogens with zero attached hydrogens (tertiary/aromatic N) is 1. The van der Waals surface area contributed by atoms with Gasteiger partial charge in [0.1, 0.15) is 0 Å². The van der Waals surface area contributed by atoms with Crippen molar-refractivity contribution in [1.29, 1.82) is 0 Å². The summed E-state index contributed by atoms with van der Waals surface area (Å²) < 4.78 is 0. The number of carbonyl (C=O) groups is 2. The standard InChI is InChI=1S/C18H27N3O2S/c22-16(19-14-9-3-1-2-4-10-14)11-15-12-24-18(20-15)21-17(23)13-7-5-6-8-13/h12-14H,1-11H2,(H,19,22)(H,20,21,23). The second-order valence-electron chi connectivity index (χ2n) is 7.05. The third-order valence-electron chi connectivity index (χ3n) is 5.07. The molecule has 0 bridgehead atoms. The molecule has 1 aromatic heterocycles. The van der Waals surface area contributed by atoms with E-state index in [-0.39, 0.29) is 17.7 Å². The summed E-state index contributed by atoms with van der Waals surface area (Å²) in [6.07, 6.45) is 11.7. The molecule has 2 amide bonds. The molecule has 0 spiro atoms. The zero-order valence-electron chi connectivity index (χ0n) is 14.2. The van der Waals surface area contributed by atoms with E-state index in [0.717, 1.165) is 44.2 Å². The Bertz CT molecular complexity index is 558. The summed E-state index contributed by atoms with van der Waals surface area (Å²) in [5.74, 6) is 0.257. The van der Waals surface area contributed by atoms with E-state index < -0.39 is 0 Å². The number of hydrogen-bond acceptors (Lipinski definition) is 4. The molecule has 3 rings (SSSR count). The molecular weight excluding hydrogens is 322 g/mol. The van der Waals surface area contributed by atoms with Gasteiger partial charge in [-0.25, -0.2) is 4.98 Å². The fourth-order valence-corrected chi connectivity index (χ4v) is 4.42. The van der Waals surface area contributed by atoms with Crippen LogP contribution in [0.3, 0.4) is 0 Å². The molecule has 6 heteroatoms. The first-order valence-corrected chi connectivity index (χ1v) is 10.1. The maximum atomic E-state index is 12.2. The van der Waals surface area contributed by atoms with Crippen molar-refractivity contribution in [2.75, 3.05) is 5.32 Å². The van der Waals surface area contributed by atoms with E-state index in [0.29, 0.717) is 17.6 Å². The first-order valence-electron chi connectivity index (χ1n) is 9.25. The number of anilines is 1. The van der Waals surface area contributed by atoms with Gasteiger partial charge in [0.25, 0.3) is 0 Å². The lowest BCUT2D eigenvalue weighted by Gasteiger charge is -2.15. The number of aromatic nitrogens is 1. The van der Waals surface area contributed by atoms with Crippen molar-refractivity contribution in [3.05, 3.63) is 11.1 Å². The lowest BCUT2D eigenvalue weighted by atomic mass is 10.1. The molecule has 5 nitrogen and oxygen atoms in total. The highest BCUT2D eigenvalue weighted by atomic mass is 32.1. The van der Waals surface area contributed by atoms with Crippen LogP contribution in [0, 0.1) is 5.92 Å². The summed E-state index contributed by atoms with van der Waals surface area (Å²) in [5, 5.41) is 8.53. The van der Waals surface area contributed by atoms with Crippen molar-refractivity contribution in [3.8, 4) is 0 Å². The molecule has 0 unspecified atom stereocenters. The normalized spacial score (nSPS) is 19.8. The molecule has 2 saturated carbocycles. The maximum Gasteiger partial charge on any atom is 0.229 e. The molecular formula is C18H27N3O2S. The lowest BCUT2D eigenvalue weighted by molar-refractivity contribution is -0.121. The number of carbonyl (C=O) groups excluding carboxylic acids is 2. The lowest BCUT2D eigenvalue weighted by Crippen LogP contribution is -2.35. The van der Waals surface area contributed by atoms with E-state index >= 15 is 0 Å². The van der Waals surface area contributed by atoms with Gasteiger partial charge in [0, 0.05) is 17.3 Å². The van der Waals surface area contributed by atoms with E-state index in [4.69, 9.17) is 0 Å². The minimum atomic E-state index is 0.0425. The van der Waals surface area contributed by atoms with Crippen LogP contribution in [0.1, 0.15) is 69.9 Å². The van der Waals surface area contributed by atoms with Crippen LogP contribution in [0.2, 0.25) is 0 Å². The van der Waals surface area contributed by atoms with Crippen molar-refractivity contribution in [3.63, 3.8) is 0 Å². The Morgan fingerprint density at radius 1 is 1.04 bits per heavy atom. The Hall–Kier alpha value is -1.43. The van der Waals surface area contributed by atoms with Crippen LogP contribution in [0.4, 0.5) is 5.13 Å². The van der Waals surface area contributed by atoms with Gasteiger partial charge < -0.3 is 10.6 Å². The highest BCUT2D eigenvalue weighted by Gasteiger charge is 2.23. The fourth-order valence-electron chi connectivity index (χ4n) is 3.71. The Labute approximate surface area is 147 Å². The van der Waals surface area contributed by atoms with Crippen molar-refractivity contribution in [2.45, 2.75) is 76.7 Å². The van der Waals surface area contributed by atoms with Crippen LogP contribution in [0.15, 0.2) is 5.38 Å². The van der Waals surface area contributed by atoms with Gasteiger partial charge in [-0.1, -0.05) is 38.5 Å². The average molecular weight is 350 g/mol. The molecule has 0 radical (unpaired) electrons. The predicted octanol–water partition coefficient (Wildman–Crippen LogP) is 3.65. The molecule has 0 atom stereocenters. The molecule has 1 heterocycles. The first kappa shape index (κ1) is 17.4. The highest BCUT2D eigenvalue weighted by molar-refractivity contribution is 7.13. The predicted molar refractivity (Wildman–Crippen MR) is 96.0 cm³/mol. The van der Waals surface area contributed by atoms with Gasteiger partial charge in [0.05, 0.1) is 12.1 Å². The molecule has 0 saturated heterocycles. The Balaban J connectivity index is 1.46. The number of thiazole rings is 1. The Kier molecular flexibility index (Phi) is 6.24. The van der Waals surface area contributed by atoms with Crippen LogP contribution in [0.25, 0.3) is 0 Å². The number of amides is 2. The highest BCUT2D eigenvalue weighted by Crippen LogP contribution is 2.26. The summed E-state index contributed by atoms with van der Waals surface area (Å²) in [5.41, 5.74) is 0.743. The molecule has 2 fully saturated rings. The molecule has 1 aromatic rings. The van der Waals surface area contributed by atoms with E-state index in [9.17, 15) is 9.59 Å². The van der Waals surface area contributed by atoms with Crippen molar-refractivity contribution >= 4 is 28.3 Å². The number of nitrogens with one attached hydrogen (secondary N) is 2. The van der Waals surface area contributed by atoms with Crippen molar-refractivity contribution in [1.82, 2.24) is 10.3 Å². The maximum absolute atomic E-state index is 12.2. The molecule has 132 valence electrons. The van der Waals surface area contributed by atoms with E-state index in [1.165, 1.54) is 37.0 Å². The van der Waals surface area contributed by atoms with Crippen LogP contribution >= 0.6 is 11.3 Å². The van der Waals surface area contributed by atoms with Gasteiger partial charge in [-0.2, -0.15) is 0 Å². The van der Waals surface area contributed by atoms with Crippen LogP contribution in [-0.4, -0.2) is 22.8 Å². The summed E-state index contributed by atoms with van der Waals surface area (Å²) in [7, 11) is 0. The van der Waals surface area contributed by atoms with E-state index in [1.54, 1.807) is 0 Å². The van der Waals surface area contributed by atoms with Crippen LogP contribution in [-0.2, 0) is 16.0 Å². The number of rotatable bonds is 5. The smallest absolute Gasteiger partial charge is 0.229 e. The van der Waals surface area contributed by atoms with E-state index in [2.05, 4.69) is 15.6 Å². The number of hydrogen-bond donors (Lipinski definition) is 2. The SMILES string of the molecule is O=C(Cc1csc(NC(=O)C2CCCC2)n1)NC1CCCCCC1. The summed E-state index contributed by atoms with van der Waals surface area (Å²) in [6, 6.07) is 0.320. The molecule has 24 heavy (non-hydrogen) atoms. The minimum absolute atomic E-state index is 0.0425. The first-order chi connectivity index (χ1) is 11.7. The van der Waals surface area contributed by atoms with Crippen molar-refractivity contribution < 1.29 is 9.59 Å². The molecule has 2 aliphatic carbocycles. The summed E-state index contributed by atoms with van der Waals surface area (Å²) in [4.78, 5) is 28.7. The molecule has 0 aromatic carbocycles. The van der Waals surface area contributed by atoms with Gasteiger partial charge >= 0.3 is 0 Å².